The zero-order valence-electron chi connectivity index (χ0n) is 10.3. The number of carbonyl (C=O) groups is 1. The van der Waals surface area contributed by atoms with Crippen molar-refractivity contribution in [1.29, 1.82) is 0 Å². The summed E-state index contributed by atoms with van der Waals surface area (Å²) in [5.41, 5.74) is 1.08. The van der Waals surface area contributed by atoms with Crippen molar-refractivity contribution >= 4 is 22.5 Å². The van der Waals surface area contributed by atoms with Crippen LogP contribution in [0.3, 0.4) is 0 Å². The number of pyridine rings is 1. The third kappa shape index (κ3) is 2.26. The first-order chi connectivity index (χ1) is 9.74. The van der Waals surface area contributed by atoms with Gasteiger partial charge in [-0.3, -0.25) is 14.6 Å². The molecule has 0 spiro atoms. The van der Waals surface area contributed by atoms with Crippen molar-refractivity contribution in [2.24, 2.45) is 0 Å². The van der Waals surface area contributed by atoms with Gasteiger partial charge in [-0.15, -0.1) is 0 Å². The molecule has 20 heavy (non-hydrogen) atoms. The molecule has 6 heteroatoms. The van der Waals surface area contributed by atoms with Gasteiger partial charge in [0.05, 0.1) is 17.4 Å². The second-order valence-electron chi connectivity index (χ2n) is 4.13. The van der Waals surface area contributed by atoms with E-state index in [-0.39, 0.29) is 11.3 Å². The van der Waals surface area contributed by atoms with Crippen LogP contribution >= 0.6 is 0 Å². The van der Waals surface area contributed by atoms with Crippen molar-refractivity contribution in [3.63, 3.8) is 0 Å². The summed E-state index contributed by atoms with van der Waals surface area (Å²) >= 11 is 0. The molecule has 3 aromatic rings. The summed E-state index contributed by atoms with van der Waals surface area (Å²) < 4.78 is 0. The van der Waals surface area contributed by atoms with Gasteiger partial charge < -0.3 is 10.3 Å². The van der Waals surface area contributed by atoms with Gasteiger partial charge in [0.15, 0.2) is 0 Å². The van der Waals surface area contributed by atoms with Gasteiger partial charge in [0.1, 0.15) is 5.69 Å². The molecule has 0 fully saturated rings. The number of para-hydroxylation sites is 1. The van der Waals surface area contributed by atoms with E-state index in [1.807, 2.05) is 24.3 Å². The third-order valence-electron chi connectivity index (χ3n) is 2.79. The Hall–Kier alpha value is -3.02. The molecule has 0 saturated heterocycles. The lowest BCUT2D eigenvalue weighted by atomic mass is 10.2. The zero-order valence-corrected chi connectivity index (χ0v) is 10.3. The first-order valence-electron chi connectivity index (χ1n) is 5.94. The van der Waals surface area contributed by atoms with Crippen LogP contribution < -0.4 is 10.9 Å². The lowest BCUT2D eigenvalue weighted by Gasteiger charge is -2.07. The van der Waals surface area contributed by atoms with Crippen molar-refractivity contribution in [2.45, 2.75) is 0 Å². The average molecular weight is 266 g/mol. The van der Waals surface area contributed by atoms with Gasteiger partial charge in [-0.1, -0.05) is 18.2 Å². The highest BCUT2D eigenvalue weighted by atomic mass is 16.2. The molecule has 2 heterocycles. The molecular weight excluding hydrogens is 256 g/mol. The standard InChI is InChI=1S/C14H10N4O2/c19-12-8-16-11(7-17-12)14(20)18-10-5-1-3-9-4-2-6-15-13(9)10/h1-8H,(H,17,19)(H,18,20). The molecule has 1 aromatic carbocycles. The van der Waals surface area contributed by atoms with Gasteiger partial charge in [-0.25, -0.2) is 4.98 Å². The van der Waals surface area contributed by atoms with Gasteiger partial charge in [-0.05, 0) is 12.1 Å². The fraction of sp³-hybridized carbons (Fsp3) is 0. The van der Waals surface area contributed by atoms with Crippen molar-refractivity contribution < 1.29 is 4.79 Å². The lowest BCUT2D eigenvalue weighted by Crippen LogP contribution is -2.17. The van der Waals surface area contributed by atoms with E-state index in [9.17, 15) is 9.59 Å². The minimum atomic E-state index is -0.403. The Morgan fingerprint density at radius 2 is 2.00 bits per heavy atom. The normalized spacial score (nSPS) is 10.4. The molecule has 98 valence electrons. The van der Waals surface area contributed by atoms with Crippen LogP contribution in [0.15, 0.2) is 53.7 Å². The summed E-state index contributed by atoms with van der Waals surface area (Å²) in [7, 11) is 0. The molecule has 0 aliphatic heterocycles. The fourth-order valence-electron chi connectivity index (χ4n) is 1.86. The summed E-state index contributed by atoms with van der Waals surface area (Å²) in [5.74, 6) is -0.403. The van der Waals surface area contributed by atoms with Crippen molar-refractivity contribution in [2.75, 3.05) is 5.32 Å². The first-order valence-corrected chi connectivity index (χ1v) is 5.94. The molecule has 0 saturated carbocycles. The molecule has 0 unspecified atom stereocenters. The maximum absolute atomic E-state index is 12.0. The summed E-state index contributed by atoms with van der Waals surface area (Å²) in [4.78, 5) is 33.4. The number of aromatic nitrogens is 3. The zero-order chi connectivity index (χ0) is 13.9. The van der Waals surface area contributed by atoms with E-state index in [4.69, 9.17) is 0 Å². The van der Waals surface area contributed by atoms with Crippen LogP contribution in [0, 0.1) is 0 Å². The Balaban J connectivity index is 1.95. The summed E-state index contributed by atoms with van der Waals surface area (Å²) in [6.45, 7) is 0. The Morgan fingerprint density at radius 1 is 1.15 bits per heavy atom. The number of hydrogen-bond acceptors (Lipinski definition) is 4. The highest BCUT2D eigenvalue weighted by Crippen LogP contribution is 2.20. The summed E-state index contributed by atoms with van der Waals surface area (Å²) in [6.07, 6.45) is 4.00. The number of nitrogens with zero attached hydrogens (tertiary/aromatic N) is 2. The van der Waals surface area contributed by atoms with Crippen LogP contribution in [0.2, 0.25) is 0 Å². The van der Waals surface area contributed by atoms with E-state index in [1.165, 1.54) is 6.20 Å². The molecule has 3 rings (SSSR count). The van der Waals surface area contributed by atoms with Gasteiger partial charge in [0.2, 0.25) is 0 Å². The van der Waals surface area contributed by atoms with E-state index in [0.29, 0.717) is 11.2 Å². The number of amides is 1. The van der Waals surface area contributed by atoms with E-state index >= 15 is 0 Å². The van der Waals surface area contributed by atoms with Gasteiger partial charge >= 0.3 is 0 Å². The second kappa shape index (κ2) is 4.93. The number of anilines is 1. The third-order valence-corrected chi connectivity index (χ3v) is 2.79. The predicted molar refractivity (Wildman–Crippen MR) is 74.6 cm³/mol. The Bertz CT molecular complexity index is 816. The van der Waals surface area contributed by atoms with E-state index < -0.39 is 5.91 Å². The van der Waals surface area contributed by atoms with Gasteiger partial charge in [0, 0.05) is 17.8 Å². The van der Waals surface area contributed by atoms with Crippen LogP contribution in [0.25, 0.3) is 10.9 Å². The Kier molecular flexibility index (Phi) is 2.96. The number of benzene rings is 1. The minimum Gasteiger partial charge on any atom is -0.325 e. The highest BCUT2D eigenvalue weighted by Gasteiger charge is 2.10. The molecule has 0 bridgehead atoms. The first kappa shape index (κ1) is 12.0. The van der Waals surface area contributed by atoms with Crippen LogP contribution in [0.4, 0.5) is 5.69 Å². The van der Waals surface area contributed by atoms with Gasteiger partial charge in [-0.2, -0.15) is 0 Å². The lowest BCUT2D eigenvalue weighted by molar-refractivity contribution is 0.102. The largest absolute Gasteiger partial charge is 0.325 e. The maximum atomic E-state index is 12.0. The number of hydrogen-bond donors (Lipinski definition) is 2. The molecular formula is C14H10N4O2. The predicted octanol–water partition coefficient (Wildman–Crippen LogP) is 1.57. The number of H-pyrrole nitrogens is 1. The quantitative estimate of drug-likeness (QED) is 0.737. The van der Waals surface area contributed by atoms with Crippen LogP contribution in [0.1, 0.15) is 10.5 Å². The molecule has 0 aliphatic rings. The molecule has 6 nitrogen and oxygen atoms in total. The molecule has 0 aliphatic carbocycles. The summed E-state index contributed by atoms with van der Waals surface area (Å²) in [6, 6.07) is 9.25. The monoisotopic (exact) mass is 266 g/mol. The average Bonchev–Trinajstić information content (AvgIpc) is 2.48. The summed E-state index contributed by atoms with van der Waals surface area (Å²) in [5, 5.41) is 3.66. The Labute approximate surface area is 113 Å². The van der Waals surface area contributed by atoms with E-state index in [2.05, 4.69) is 20.3 Å². The van der Waals surface area contributed by atoms with E-state index in [0.717, 1.165) is 11.6 Å². The van der Waals surface area contributed by atoms with E-state index in [1.54, 1.807) is 12.3 Å². The Morgan fingerprint density at radius 3 is 2.80 bits per heavy atom. The molecule has 2 aromatic heterocycles. The van der Waals surface area contributed by atoms with Crippen LogP contribution in [0.5, 0.6) is 0 Å². The van der Waals surface area contributed by atoms with Crippen LogP contribution in [-0.4, -0.2) is 20.9 Å². The molecule has 2 N–H and O–H groups in total. The highest BCUT2D eigenvalue weighted by molar-refractivity contribution is 6.07. The van der Waals surface area contributed by atoms with Crippen LogP contribution in [-0.2, 0) is 0 Å². The second-order valence-corrected chi connectivity index (χ2v) is 4.13. The number of aromatic amines is 1. The smallest absolute Gasteiger partial charge is 0.275 e. The van der Waals surface area contributed by atoms with Crippen molar-refractivity contribution in [1.82, 2.24) is 15.0 Å². The molecule has 1 amide bonds. The number of carbonyl (C=O) groups excluding carboxylic acids is 1. The molecule has 0 atom stereocenters. The number of nitrogens with one attached hydrogen (secondary N) is 2. The van der Waals surface area contributed by atoms with Crippen molar-refractivity contribution in [3.05, 3.63) is 65.0 Å². The van der Waals surface area contributed by atoms with Gasteiger partial charge in [0.25, 0.3) is 11.5 Å². The minimum absolute atomic E-state index is 0.137. The number of fused-ring (bicyclic) bond motifs is 1. The topological polar surface area (TPSA) is 87.7 Å². The SMILES string of the molecule is O=C(Nc1cccc2cccnc12)c1c[nH]c(=O)cn1. The maximum Gasteiger partial charge on any atom is 0.275 e. The molecule has 0 radical (unpaired) electrons. The number of rotatable bonds is 2. The fourth-order valence-corrected chi connectivity index (χ4v) is 1.86. The van der Waals surface area contributed by atoms with Crippen molar-refractivity contribution in [3.8, 4) is 0 Å².